The van der Waals surface area contributed by atoms with Crippen LogP contribution in [0, 0.1) is 0 Å². The third kappa shape index (κ3) is 3.09. The van der Waals surface area contributed by atoms with Gasteiger partial charge in [0.2, 0.25) is 0 Å². The predicted octanol–water partition coefficient (Wildman–Crippen LogP) is 3.75. The van der Waals surface area contributed by atoms with Crippen LogP contribution in [-0.4, -0.2) is 19.5 Å². The molecule has 0 radical (unpaired) electrons. The molecule has 2 nitrogen and oxygen atoms in total. The van der Waals surface area contributed by atoms with E-state index >= 15 is 0 Å². The van der Waals surface area contributed by atoms with Gasteiger partial charge in [-0.05, 0) is 43.0 Å². The van der Waals surface area contributed by atoms with Gasteiger partial charge in [-0.3, -0.25) is 0 Å². The van der Waals surface area contributed by atoms with Gasteiger partial charge in [0, 0.05) is 18.8 Å². The van der Waals surface area contributed by atoms with Crippen molar-refractivity contribution in [2.45, 2.75) is 32.5 Å². The number of nitrogens with zero attached hydrogens (tertiary/aromatic N) is 1. The second-order valence-corrected chi connectivity index (χ2v) is 4.43. The highest BCUT2D eigenvalue weighted by molar-refractivity contribution is 5.58. The van der Waals surface area contributed by atoms with Crippen molar-refractivity contribution in [2.24, 2.45) is 0 Å². The molecular formula is C13H16F3NO. The Morgan fingerprint density at radius 3 is 2.78 bits per heavy atom. The maximum absolute atomic E-state index is 12.1. The van der Waals surface area contributed by atoms with Gasteiger partial charge in [0.1, 0.15) is 5.75 Å². The lowest BCUT2D eigenvalue weighted by Crippen LogP contribution is -2.30. The Labute approximate surface area is 104 Å². The van der Waals surface area contributed by atoms with Gasteiger partial charge >= 0.3 is 6.36 Å². The molecule has 0 aliphatic carbocycles. The molecule has 1 aliphatic heterocycles. The van der Waals surface area contributed by atoms with E-state index in [1.165, 1.54) is 12.1 Å². The molecular weight excluding hydrogens is 243 g/mol. The summed E-state index contributed by atoms with van der Waals surface area (Å²) in [6.45, 7) is 4.00. The highest BCUT2D eigenvalue weighted by Gasteiger charge is 2.31. The number of fused-ring (bicyclic) bond motifs is 1. The van der Waals surface area contributed by atoms with Gasteiger partial charge in [0.15, 0.2) is 0 Å². The van der Waals surface area contributed by atoms with Gasteiger partial charge in [-0.2, -0.15) is 0 Å². The summed E-state index contributed by atoms with van der Waals surface area (Å²) in [7, 11) is 0. The van der Waals surface area contributed by atoms with Crippen LogP contribution >= 0.6 is 0 Å². The quantitative estimate of drug-likeness (QED) is 0.819. The molecule has 0 saturated heterocycles. The molecule has 0 amide bonds. The summed E-state index contributed by atoms with van der Waals surface area (Å²) < 4.78 is 40.4. The van der Waals surface area contributed by atoms with Crippen molar-refractivity contribution in [1.82, 2.24) is 0 Å². The van der Waals surface area contributed by atoms with Gasteiger partial charge < -0.3 is 9.64 Å². The summed E-state index contributed by atoms with van der Waals surface area (Å²) in [6, 6.07) is 4.62. The lowest BCUT2D eigenvalue weighted by atomic mass is 10.0. The third-order valence-corrected chi connectivity index (χ3v) is 2.99. The van der Waals surface area contributed by atoms with Crippen LogP contribution in [0.1, 0.15) is 25.3 Å². The maximum Gasteiger partial charge on any atom is 0.573 e. The first-order valence-corrected chi connectivity index (χ1v) is 6.13. The molecule has 0 N–H and O–H groups in total. The Bertz CT molecular complexity index is 417. The molecule has 2 rings (SSSR count). The van der Waals surface area contributed by atoms with E-state index < -0.39 is 6.36 Å². The van der Waals surface area contributed by atoms with E-state index in [1.54, 1.807) is 6.07 Å². The van der Waals surface area contributed by atoms with Crippen molar-refractivity contribution in [3.8, 4) is 5.75 Å². The standard InChI is InChI=1S/C13H16F3NO/c1-2-7-17-8-3-4-10-9-11(5-6-12(10)17)18-13(14,15)16/h5-6,9H,2-4,7-8H2,1H3. The summed E-state index contributed by atoms with van der Waals surface area (Å²) in [5.74, 6) is -0.125. The van der Waals surface area contributed by atoms with Gasteiger partial charge in [-0.1, -0.05) is 6.92 Å². The molecule has 100 valence electrons. The highest BCUT2D eigenvalue weighted by atomic mass is 19.4. The van der Waals surface area contributed by atoms with Crippen LogP contribution in [0.3, 0.4) is 0 Å². The second-order valence-electron chi connectivity index (χ2n) is 4.43. The van der Waals surface area contributed by atoms with E-state index in [-0.39, 0.29) is 5.75 Å². The van der Waals surface area contributed by atoms with Crippen LogP contribution in [0.2, 0.25) is 0 Å². The second kappa shape index (κ2) is 5.08. The molecule has 0 unspecified atom stereocenters. The molecule has 18 heavy (non-hydrogen) atoms. The summed E-state index contributed by atoms with van der Waals surface area (Å²) in [5.41, 5.74) is 1.98. The number of hydrogen-bond acceptors (Lipinski definition) is 2. The Kier molecular flexibility index (Phi) is 3.68. The summed E-state index contributed by atoms with van der Waals surface area (Å²) in [6.07, 6.45) is -1.81. The highest BCUT2D eigenvalue weighted by Crippen LogP contribution is 2.32. The summed E-state index contributed by atoms with van der Waals surface area (Å²) in [4.78, 5) is 2.22. The minimum atomic E-state index is -4.62. The van der Waals surface area contributed by atoms with Gasteiger partial charge in [0.05, 0.1) is 0 Å². The molecule has 1 aromatic rings. The van der Waals surface area contributed by atoms with E-state index in [2.05, 4.69) is 16.6 Å². The SMILES string of the molecule is CCCN1CCCc2cc(OC(F)(F)F)ccc21. The number of ether oxygens (including phenoxy) is 1. The van der Waals surface area contributed by atoms with E-state index in [0.717, 1.165) is 43.6 Å². The lowest BCUT2D eigenvalue weighted by molar-refractivity contribution is -0.274. The van der Waals surface area contributed by atoms with Gasteiger partial charge in [-0.15, -0.1) is 13.2 Å². The van der Waals surface area contributed by atoms with E-state index in [0.29, 0.717) is 0 Å². The number of rotatable bonds is 3. The normalized spacial score (nSPS) is 15.4. The van der Waals surface area contributed by atoms with E-state index in [9.17, 15) is 13.2 Å². The maximum atomic E-state index is 12.1. The van der Waals surface area contributed by atoms with Gasteiger partial charge in [0.25, 0.3) is 0 Å². The first-order valence-electron chi connectivity index (χ1n) is 6.13. The molecule has 1 aliphatic rings. The molecule has 0 bridgehead atoms. The van der Waals surface area contributed by atoms with Crippen molar-refractivity contribution < 1.29 is 17.9 Å². The number of alkyl halides is 3. The monoisotopic (exact) mass is 259 g/mol. The Balaban J connectivity index is 2.21. The summed E-state index contributed by atoms with van der Waals surface area (Å²) in [5, 5.41) is 0. The zero-order chi connectivity index (χ0) is 13.2. The fraction of sp³-hybridized carbons (Fsp3) is 0.538. The van der Waals surface area contributed by atoms with E-state index in [4.69, 9.17) is 0 Å². The third-order valence-electron chi connectivity index (χ3n) is 2.99. The average molecular weight is 259 g/mol. The fourth-order valence-electron chi connectivity index (χ4n) is 2.35. The number of benzene rings is 1. The molecule has 0 fully saturated rings. The van der Waals surface area contributed by atoms with Crippen LogP contribution in [0.4, 0.5) is 18.9 Å². The molecule has 0 atom stereocenters. The van der Waals surface area contributed by atoms with E-state index in [1.807, 2.05) is 0 Å². The first-order chi connectivity index (χ1) is 8.49. The van der Waals surface area contributed by atoms with Crippen molar-refractivity contribution >= 4 is 5.69 Å². The topological polar surface area (TPSA) is 12.5 Å². The Morgan fingerprint density at radius 1 is 1.33 bits per heavy atom. The smallest absolute Gasteiger partial charge is 0.406 e. The molecule has 0 aromatic heterocycles. The van der Waals surface area contributed by atoms with Crippen molar-refractivity contribution in [3.63, 3.8) is 0 Å². The minimum absolute atomic E-state index is 0.125. The predicted molar refractivity (Wildman–Crippen MR) is 64.0 cm³/mol. The Hall–Kier alpha value is -1.39. The molecule has 1 heterocycles. The first kappa shape index (κ1) is 13.1. The lowest BCUT2D eigenvalue weighted by Gasteiger charge is -2.31. The van der Waals surface area contributed by atoms with Crippen LogP contribution in [0.25, 0.3) is 0 Å². The van der Waals surface area contributed by atoms with Crippen LogP contribution in [-0.2, 0) is 6.42 Å². The fourth-order valence-corrected chi connectivity index (χ4v) is 2.35. The zero-order valence-electron chi connectivity index (χ0n) is 10.3. The van der Waals surface area contributed by atoms with Crippen molar-refractivity contribution in [2.75, 3.05) is 18.0 Å². The Morgan fingerprint density at radius 2 is 2.11 bits per heavy atom. The van der Waals surface area contributed by atoms with Crippen molar-refractivity contribution in [1.29, 1.82) is 0 Å². The zero-order valence-corrected chi connectivity index (χ0v) is 10.3. The van der Waals surface area contributed by atoms with Crippen LogP contribution in [0.5, 0.6) is 5.75 Å². The molecule has 0 spiro atoms. The molecule has 1 aromatic carbocycles. The minimum Gasteiger partial charge on any atom is -0.406 e. The number of aryl methyl sites for hydroxylation is 1. The average Bonchev–Trinajstić information content (AvgIpc) is 2.27. The number of anilines is 1. The molecule has 0 saturated carbocycles. The summed E-state index contributed by atoms with van der Waals surface area (Å²) >= 11 is 0. The van der Waals surface area contributed by atoms with Gasteiger partial charge in [-0.25, -0.2) is 0 Å². The number of halogens is 3. The van der Waals surface area contributed by atoms with Crippen LogP contribution in [0.15, 0.2) is 18.2 Å². The largest absolute Gasteiger partial charge is 0.573 e. The number of hydrogen-bond donors (Lipinski definition) is 0. The molecule has 5 heteroatoms. The van der Waals surface area contributed by atoms with Crippen molar-refractivity contribution in [3.05, 3.63) is 23.8 Å². The van der Waals surface area contributed by atoms with Crippen LogP contribution < -0.4 is 9.64 Å².